The Morgan fingerprint density at radius 1 is 1.19 bits per heavy atom. The number of halogens is 1. The predicted octanol–water partition coefficient (Wildman–Crippen LogP) is 4.29. The zero-order chi connectivity index (χ0) is 22.7. The standard InChI is InChI=1S/C24H28FN3O3S/c1-24(2,30)16-6-7-17(18(25)14-16)21-8-9-23(32-21)27-22-5-3-4-19(26-22)20(15-29)28-10-12-31-13-11-28/h3-9,14,20,29-30H,10-13,15H2,1-2H3,(H,26,27). The molecule has 0 spiro atoms. The van der Waals surface area contributed by atoms with E-state index in [0.29, 0.717) is 30.2 Å². The minimum atomic E-state index is -1.09. The molecule has 1 aliphatic heterocycles. The van der Waals surface area contributed by atoms with E-state index >= 15 is 0 Å². The van der Waals surface area contributed by atoms with Crippen LogP contribution in [0.2, 0.25) is 0 Å². The molecular formula is C24H28FN3O3S. The number of anilines is 2. The first-order valence-electron chi connectivity index (χ1n) is 10.6. The number of morpholine rings is 1. The third-order valence-corrected chi connectivity index (χ3v) is 6.60. The number of pyridine rings is 1. The molecule has 32 heavy (non-hydrogen) atoms. The van der Waals surface area contributed by atoms with Crippen molar-refractivity contribution in [2.75, 3.05) is 38.2 Å². The number of hydrogen-bond acceptors (Lipinski definition) is 7. The highest BCUT2D eigenvalue weighted by Crippen LogP contribution is 2.35. The van der Waals surface area contributed by atoms with Crippen LogP contribution in [0.5, 0.6) is 0 Å². The lowest BCUT2D eigenvalue weighted by atomic mass is 9.97. The predicted molar refractivity (Wildman–Crippen MR) is 125 cm³/mol. The van der Waals surface area contributed by atoms with Crippen LogP contribution in [-0.4, -0.2) is 53.0 Å². The molecule has 0 saturated carbocycles. The lowest BCUT2D eigenvalue weighted by molar-refractivity contribution is 0.00158. The molecular weight excluding hydrogens is 429 g/mol. The molecule has 0 aliphatic carbocycles. The van der Waals surface area contributed by atoms with Gasteiger partial charge < -0.3 is 20.3 Å². The van der Waals surface area contributed by atoms with Gasteiger partial charge >= 0.3 is 0 Å². The molecule has 0 bridgehead atoms. The number of rotatable bonds is 7. The molecule has 3 heterocycles. The number of benzene rings is 1. The molecule has 0 amide bonds. The molecule has 1 aromatic carbocycles. The van der Waals surface area contributed by atoms with Gasteiger partial charge in [0.1, 0.15) is 11.6 Å². The fourth-order valence-corrected chi connectivity index (χ4v) is 4.70. The molecule has 0 radical (unpaired) electrons. The average molecular weight is 458 g/mol. The van der Waals surface area contributed by atoms with Gasteiger partial charge in [-0.2, -0.15) is 0 Å². The van der Waals surface area contributed by atoms with Crippen LogP contribution in [-0.2, 0) is 10.3 Å². The van der Waals surface area contributed by atoms with Gasteiger partial charge in [-0.05, 0) is 49.7 Å². The van der Waals surface area contributed by atoms with Gasteiger partial charge in [-0.25, -0.2) is 9.37 Å². The van der Waals surface area contributed by atoms with Crippen LogP contribution in [0.4, 0.5) is 15.2 Å². The Kier molecular flexibility index (Phi) is 6.88. The largest absolute Gasteiger partial charge is 0.394 e. The van der Waals surface area contributed by atoms with Crippen molar-refractivity contribution in [1.29, 1.82) is 0 Å². The molecule has 1 unspecified atom stereocenters. The molecule has 3 aromatic rings. The number of nitrogens with one attached hydrogen (secondary N) is 1. The molecule has 170 valence electrons. The van der Waals surface area contributed by atoms with Crippen LogP contribution in [0.25, 0.3) is 10.4 Å². The van der Waals surface area contributed by atoms with Gasteiger partial charge in [0.15, 0.2) is 0 Å². The van der Waals surface area contributed by atoms with Crippen LogP contribution >= 0.6 is 11.3 Å². The Bertz CT molecular complexity index is 1060. The highest BCUT2D eigenvalue weighted by atomic mass is 32.1. The van der Waals surface area contributed by atoms with E-state index < -0.39 is 5.60 Å². The van der Waals surface area contributed by atoms with Crippen molar-refractivity contribution in [1.82, 2.24) is 9.88 Å². The maximum absolute atomic E-state index is 14.7. The normalized spacial score (nSPS) is 16.2. The summed E-state index contributed by atoms with van der Waals surface area (Å²) in [6.07, 6.45) is 0. The fraction of sp³-hybridized carbons (Fsp3) is 0.375. The van der Waals surface area contributed by atoms with Gasteiger partial charge in [0, 0.05) is 23.5 Å². The summed E-state index contributed by atoms with van der Waals surface area (Å²) in [7, 11) is 0. The Balaban J connectivity index is 1.51. The van der Waals surface area contributed by atoms with Crippen LogP contribution in [0.15, 0.2) is 48.5 Å². The molecule has 8 heteroatoms. The van der Waals surface area contributed by atoms with Crippen LogP contribution in [0.1, 0.15) is 31.1 Å². The first-order chi connectivity index (χ1) is 15.3. The van der Waals surface area contributed by atoms with Gasteiger partial charge in [-0.15, -0.1) is 11.3 Å². The summed E-state index contributed by atoms with van der Waals surface area (Å²) in [6.45, 7) is 6.08. The second kappa shape index (κ2) is 9.64. The third-order valence-electron chi connectivity index (χ3n) is 5.57. The summed E-state index contributed by atoms with van der Waals surface area (Å²) >= 11 is 1.43. The SMILES string of the molecule is CC(C)(O)c1ccc(-c2ccc(Nc3cccc(C(CO)N4CCOCC4)n3)s2)c(F)c1. The van der Waals surface area contributed by atoms with E-state index in [9.17, 15) is 14.6 Å². The van der Waals surface area contributed by atoms with E-state index in [4.69, 9.17) is 9.72 Å². The molecule has 1 saturated heterocycles. The molecule has 1 aliphatic rings. The van der Waals surface area contributed by atoms with Crippen molar-refractivity contribution in [3.63, 3.8) is 0 Å². The van der Waals surface area contributed by atoms with Crippen molar-refractivity contribution in [3.05, 3.63) is 65.6 Å². The fourth-order valence-electron chi connectivity index (χ4n) is 3.76. The Hall–Kier alpha value is -2.36. The first-order valence-corrected chi connectivity index (χ1v) is 11.5. The summed E-state index contributed by atoms with van der Waals surface area (Å²) in [5.74, 6) is 0.301. The second-order valence-electron chi connectivity index (χ2n) is 8.34. The first kappa shape index (κ1) is 22.8. The van der Waals surface area contributed by atoms with E-state index in [1.165, 1.54) is 17.4 Å². The lowest BCUT2D eigenvalue weighted by Gasteiger charge is -2.33. The Labute approximate surface area is 191 Å². The number of hydrogen-bond donors (Lipinski definition) is 3. The van der Waals surface area contributed by atoms with E-state index in [2.05, 4.69) is 10.2 Å². The second-order valence-corrected chi connectivity index (χ2v) is 9.42. The summed E-state index contributed by atoms with van der Waals surface area (Å²) in [5.41, 5.74) is 0.731. The van der Waals surface area contributed by atoms with Crippen molar-refractivity contribution in [3.8, 4) is 10.4 Å². The number of aliphatic hydroxyl groups is 2. The minimum Gasteiger partial charge on any atom is -0.394 e. The van der Waals surface area contributed by atoms with Gasteiger partial charge in [0.25, 0.3) is 0 Å². The molecule has 1 atom stereocenters. The van der Waals surface area contributed by atoms with Crippen molar-refractivity contribution in [2.24, 2.45) is 0 Å². The van der Waals surface area contributed by atoms with E-state index in [-0.39, 0.29) is 18.5 Å². The maximum atomic E-state index is 14.7. The van der Waals surface area contributed by atoms with Crippen LogP contribution in [0, 0.1) is 5.82 Å². The monoisotopic (exact) mass is 457 g/mol. The van der Waals surface area contributed by atoms with Crippen molar-refractivity contribution in [2.45, 2.75) is 25.5 Å². The van der Waals surface area contributed by atoms with Crippen molar-refractivity contribution >= 4 is 22.2 Å². The van der Waals surface area contributed by atoms with Crippen LogP contribution in [0.3, 0.4) is 0 Å². The number of nitrogens with zero attached hydrogens (tertiary/aromatic N) is 2. The zero-order valence-electron chi connectivity index (χ0n) is 18.2. The lowest BCUT2D eigenvalue weighted by Crippen LogP contribution is -2.40. The zero-order valence-corrected chi connectivity index (χ0v) is 19.0. The molecule has 4 rings (SSSR count). The topological polar surface area (TPSA) is 77.8 Å². The smallest absolute Gasteiger partial charge is 0.132 e. The summed E-state index contributed by atoms with van der Waals surface area (Å²) in [6, 6.07) is 14.1. The molecule has 3 N–H and O–H groups in total. The average Bonchev–Trinajstić information content (AvgIpc) is 3.23. The van der Waals surface area contributed by atoms with Gasteiger partial charge in [0.2, 0.25) is 0 Å². The van der Waals surface area contributed by atoms with E-state index in [1.807, 2.05) is 30.3 Å². The van der Waals surface area contributed by atoms with Gasteiger partial charge in [0.05, 0.1) is 42.2 Å². The van der Waals surface area contributed by atoms with Gasteiger partial charge in [-0.3, -0.25) is 4.90 Å². The number of aromatic nitrogens is 1. The number of ether oxygens (including phenoxy) is 1. The Morgan fingerprint density at radius 3 is 2.66 bits per heavy atom. The highest BCUT2D eigenvalue weighted by molar-refractivity contribution is 7.19. The summed E-state index contributed by atoms with van der Waals surface area (Å²) in [4.78, 5) is 7.67. The van der Waals surface area contributed by atoms with Crippen LogP contribution < -0.4 is 5.32 Å². The summed E-state index contributed by atoms with van der Waals surface area (Å²) < 4.78 is 20.1. The van der Waals surface area contributed by atoms with E-state index in [1.54, 1.807) is 26.0 Å². The Morgan fingerprint density at radius 2 is 1.97 bits per heavy atom. The van der Waals surface area contributed by atoms with Crippen molar-refractivity contribution < 1.29 is 19.3 Å². The summed E-state index contributed by atoms with van der Waals surface area (Å²) in [5, 5.41) is 24.2. The van der Waals surface area contributed by atoms with Gasteiger partial charge in [-0.1, -0.05) is 18.2 Å². The maximum Gasteiger partial charge on any atom is 0.132 e. The quantitative estimate of drug-likeness (QED) is 0.491. The number of aliphatic hydroxyl groups excluding tert-OH is 1. The number of thiophene rings is 1. The minimum absolute atomic E-state index is 0.0144. The highest BCUT2D eigenvalue weighted by Gasteiger charge is 2.23. The van der Waals surface area contributed by atoms with E-state index in [0.717, 1.165) is 28.7 Å². The molecule has 1 fully saturated rings. The third kappa shape index (κ3) is 5.16. The molecule has 2 aromatic heterocycles. The molecule has 6 nitrogen and oxygen atoms in total.